The highest BCUT2D eigenvalue weighted by Crippen LogP contribution is 2.33. The molecule has 0 spiro atoms. The standard InChI is InChI=1S/C10H14N2S/c11-5-6-12-7-8-13-10-4-2-1-3-9(10)12/h1-4H,5-8,11H2. The molecule has 2 nitrogen and oxygen atoms in total. The quantitative estimate of drug-likeness (QED) is 0.774. The fourth-order valence-corrected chi connectivity index (χ4v) is 2.67. The van der Waals surface area contributed by atoms with Gasteiger partial charge < -0.3 is 10.6 Å². The van der Waals surface area contributed by atoms with Gasteiger partial charge in [-0.25, -0.2) is 0 Å². The Balaban J connectivity index is 2.26. The van der Waals surface area contributed by atoms with Gasteiger partial charge >= 0.3 is 0 Å². The van der Waals surface area contributed by atoms with Gasteiger partial charge in [-0.1, -0.05) is 12.1 Å². The Morgan fingerprint density at radius 1 is 1.38 bits per heavy atom. The molecular weight excluding hydrogens is 180 g/mol. The lowest BCUT2D eigenvalue weighted by molar-refractivity contribution is 0.805. The Kier molecular flexibility index (Phi) is 2.76. The third kappa shape index (κ3) is 1.81. The van der Waals surface area contributed by atoms with Crippen molar-refractivity contribution in [3.05, 3.63) is 24.3 Å². The average Bonchev–Trinajstić information content (AvgIpc) is 2.19. The van der Waals surface area contributed by atoms with Gasteiger partial charge in [0.1, 0.15) is 0 Å². The number of anilines is 1. The molecular formula is C10H14N2S. The summed E-state index contributed by atoms with van der Waals surface area (Å²) in [5, 5.41) is 0. The number of nitrogens with two attached hydrogens (primary N) is 1. The number of hydrogen-bond donors (Lipinski definition) is 1. The Morgan fingerprint density at radius 2 is 2.23 bits per heavy atom. The van der Waals surface area contributed by atoms with Gasteiger partial charge in [-0.3, -0.25) is 0 Å². The van der Waals surface area contributed by atoms with Crippen LogP contribution in [0.2, 0.25) is 0 Å². The van der Waals surface area contributed by atoms with Crippen LogP contribution < -0.4 is 10.6 Å². The molecule has 1 aliphatic heterocycles. The minimum absolute atomic E-state index is 0.735. The van der Waals surface area contributed by atoms with Crippen LogP contribution in [0.4, 0.5) is 5.69 Å². The largest absolute Gasteiger partial charge is 0.369 e. The van der Waals surface area contributed by atoms with Crippen LogP contribution in [0.25, 0.3) is 0 Å². The molecule has 0 radical (unpaired) electrons. The highest BCUT2D eigenvalue weighted by molar-refractivity contribution is 7.99. The second-order valence-corrected chi connectivity index (χ2v) is 4.23. The fraction of sp³-hybridized carbons (Fsp3) is 0.400. The lowest BCUT2D eigenvalue weighted by atomic mass is 10.3. The molecule has 0 aromatic heterocycles. The predicted octanol–water partition coefficient (Wildman–Crippen LogP) is 1.56. The van der Waals surface area contributed by atoms with Crippen molar-refractivity contribution >= 4 is 17.4 Å². The molecule has 1 aliphatic rings. The second kappa shape index (κ2) is 4.03. The van der Waals surface area contributed by atoms with Crippen molar-refractivity contribution in [2.45, 2.75) is 4.90 Å². The summed E-state index contributed by atoms with van der Waals surface area (Å²) < 4.78 is 0. The highest BCUT2D eigenvalue weighted by Gasteiger charge is 2.15. The molecule has 1 heterocycles. The minimum atomic E-state index is 0.735. The molecule has 13 heavy (non-hydrogen) atoms. The normalized spacial score (nSPS) is 15.6. The Morgan fingerprint density at radius 3 is 3.08 bits per heavy atom. The maximum atomic E-state index is 5.57. The van der Waals surface area contributed by atoms with Gasteiger partial charge in [0.25, 0.3) is 0 Å². The van der Waals surface area contributed by atoms with E-state index in [1.54, 1.807) is 0 Å². The summed E-state index contributed by atoms with van der Waals surface area (Å²) in [5.41, 5.74) is 6.92. The maximum Gasteiger partial charge on any atom is 0.0505 e. The van der Waals surface area contributed by atoms with Crippen molar-refractivity contribution in [2.75, 3.05) is 30.3 Å². The van der Waals surface area contributed by atoms with E-state index in [-0.39, 0.29) is 0 Å². The number of rotatable bonds is 2. The number of fused-ring (bicyclic) bond motifs is 1. The molecule has 3 heteroatoms. The highest BCUT2D eigenvalue weighted by atomic mass is 32.2. The van der Waals surface area contributed by atoms with E-state index < -0.39 is 0 Å². The second-order valence-electron chi connectivity index (χ2n) is 3.09. The monoisotopic (exact) mass is 194 g/mol. The average molecular weight is 194 g/mol. The van der Waals surface area contributed by atoms with E-state index in [1.165, 1.54) is 16.3 Å². The number of nitrogens with zero attached hydrogens (tertiary/aromatic N) is 1. The molecule has 2 N–H and O–H groups in total. The van der Waals surface area contributed by atoms with Gasteiger partial charge in [0.15, 0.2) is 0 Å². The van der Waals surface area contributed by atoms with E-state index in [1.807, 2.05) is 11.8 Å². The zero-order chi connectivity index (χ0) is 9.10. The first-order chi connectivity index (χ1) is 6.42. The smallest absolute Gasteiger partial charge is 0.0505 e. The molecule has 2 rings (SSSR count). The third-order valence-electron chi connectivity index (χ3n) is 2.22. The summed E-state index contributed by atoms with van der Waals surface area (Å²) in [6.45, 7) is 2.83. The summed E-state index contributed by atoms with van der Waals surface area (Å²) >= 11 is 1.94. The summed E-state index contributed by atoms with van der Waals surface area (Å²) in [5.74, 6) is 1.18. The van der Waals surface area contributed by atoms with Crippen molar-refractivity contribution in [3.8, 4) is 0 Å². The summed E-state index contributed by atoms with van der Waals surface area (Å²) in [4.78, 5) is 3.76. The van der Waals surface area contributed by atoms with E-state index in [9.17, 15) is 0 Å². The van der Waals surface area contributed by atoms with Gasteiger partial charge in [-0.05, 0) is 12.1 Å². The van der Waals surface area contributed by atoms with Gasteiger partial charge in [-0.2, -0.15) is 0 Å². The summed E-state index contributed by atoms with van der Waals surface area (Å²) in [7, 11) is 0. The van der Waals surface area contributed by atoms with Crippen LogP contribution in [0.15, 0.2) is 29.2 Å². The van der Waals surface area contributed by atoms with E-state index >= 15 is 0 Å². The van der Waals surface area contributed by atoms with Crippen LogP contribution in [-0.2, 0) is 0 Å². The minimum Gasteiger partial charge on any atom is -0.369 e. The fourth-order valence-electron chi connectivity index (χ4n) is 1.61. The number of benzene rings is 1. The molecule has 70 valence electrons. The van der Waals surface area contributed by atoms with Crippen molar-refractivity contribution < 1.29 is 0 Å². The van der Waals surface area contributed by atoms with Crippen molar-refractivity contribution in [3.63, 3.8) is 0 Å². The van der Waals surface area contributed by atoms with Gasteiger partial charge in [0.2, 0.25) is 0 Å². The van der Waals surface area contributed by atoms with Crippen LogP contribution in [0.1, 0.15) is 0 Å². The van der Waals surface area contributed by atoms with E-state index in [0.717, 1.165) is 19.6 Å². The van der Waals surface area contributed by atoms with Gasteiger partial charge in [0.05, 0.1) is 5.69 Å². The molecule has 1 aromatic carbocycles. The van der Waals surface area contributed by atoms with Crippen LogP contribution in [0, 0.1) is 0 Å². The van der Waals surface area contributed by atoms with E-state index in [2.05, 4.69) is 29.2 Å². The maximum absolute atomic E-state index is 5.57. The Labute approximate surface area is 83.1 Å². The molecule has 0 aliphatic carbocycles. The molecule has 0 saturated carbocycles. The zero-order valence-corrected chi connectivity index (χ0v) is 8.39. The Bertz CT molecular complexity index is 288. The summed E-state index contributed by atoms with van der Waals surface area (Å²) in [6, 6.07) is 8.55. The van der Waals surface area contributed by atoms with Crippen molar-refractivity contribution in [1.29, 1.82) is 0 Å². The molecule has 0 fully saturated rings. The van der Waals surface area contributed by atoms with Crippen LogP contribution in [0.3, 0.4) is 0 Å². The van der Waals surface area contributed by atoms with Crippen LogP contribution in [-0.4, -0.2) is 25.4 Å². The Hall–Kier alpha value is -0.670. The topological polar surface area (TPSA) is 29.3 Å². The number of hydrogen-bond acceptors (Lipinski definition) is 3. The first kappa shape index (κ1) is 8.91. The van der Waals surface area contributed by atoms with Crippen molar-refractivity contribution in [2.24, 2.45) is 5.73 Å². The lowest BCUT2D eigenvalue weighted by Gasteiger charge is -2.30. The van der Waals surface area contributed by atoms with Crippen LogP contribution >= 0.6 is 11.8 Å². The van der Waals surface area contributed by atoms with Gasteiger partial charge in [0, 0.05) is 30.3 Å². The lowest BCUT2D eigenvalue weighted by Crippen LogP contribution is -2.33. The SMILES string of the molecule is NCCN1CCSc2ccccc21. The molecule has 0 amide bonds. The molecule has 0 bridgehead atoms. The first-order valence-corrected chi connectivity index (χ1v) is 5.57. The zero-order valence-electron chi connectivity index (χ0n) is 7.57. The van der Waals surface area contributed by atoms with E-state index in [4.69, 9.17) is 5.73 Å². The molecule has 1 aromatic rings. The third-order valence-corrected chi connectivity index (χ3v) is 3.27. The van der Waals surface area contributed by atoms with Crippen molar-refractivity contribution in [1.82, 2.24) is 0 Å². The van der Waals surface area contributed by atoms with Gasteiger partial charge in [-0.15, -0.1) is 11.8 Å². The molecule has 0 saturated heterocycles. The molecule has 0 atom stereocenters. The molecule has 0 unspecified atom stereocenters. The number of thioether (sulfide) groups is 1. The van der Waals surface area contributed by atoms with E-state index in [0.29, 0.717) is 0 Å². The first-order valence-electron chi connectivity index (χ1n) is 4.58. The van der Waals surface area contributed by atoms with Crippen LogP contribution in [0.5, 0.6) is 0 Å². The number of para-hydroxylation sites is 1. The summed E-state index contributed by atoms with van der Waals surface area (Å²) in [6.07, 6.45) is 0. The predicted molar refractivity (Wildman–Crippen MR) is 58.4 cm³/mol.